The minimum atomic E-state index is -0.522. The van der Waals surface area contributed by atoms with Gasteiger partial charge in [-0.3, -0.25) is 0 Å². The lowest BCUT2D eigenvalue weighted by Gasteiger charge is -2.17. The van der Waals surface area contributed by atoms with E-state index in [0.29, 0.717) is 18.1 Å². The lowest BCUT2D eigenvalue weighted by Crippen LogP contribution is -2.16. The Kier molecular flexibility index (Phi) is 8.58. The molecule has 3 nitrogen and oxygen atoms in total. The predicted octanol–water partition coefficient (Wildman–Crippen LogP) is 6.00. The molecule has 0 spiro atoms. The van der Waals surface area contributed by atoms with Crippen molar-refractivity contribution in [2.75, 3.05) is 6.61 Å². The van der Waals surface area contributed by atoms with Crippen LogP contribution in [0.15, 0.2) is 59.7 Å². The number of hydrogen-bond donors (Lipinski definition) is 0. The average Bonchev–Trinajstić information content (AvgIpc) is 2.73. The van der Waals surface area contributed by atoms with E-state index in [2.05, 4.69) is 32.1 Å². The van der Waals surface area contributed by atoms with Gasteiger partial charge in [-0.1, -0.05) is 81.7 Å². The van der Waals surface area contributed by atoms with Crippen molar-refractivity contribution in [2.45, 2.75) is 52.4 Å². The Labute approximate surface area is 163 Å². The topological polar surface area (TPSA) is 50.1 Å². The van der Waals surface area contributed by atoms with Gasteiger partial charge in [-0.15, -0.1) is 0 Å². The van der Waals surface area contributed by atoms with Gasteiger partial charge in [0, 0.05) is 5.57 Å². The molecule has 1 atom stereocenters. The smallest absolute Gasteiger partial charge is 0.349 e. The van der Waals surface area contributed by atoms with Crippen molar-refractivity contribution in [3.63, 3.8) is 0 Å². The Hall–Kier alpha value is -2.60. The highest BCUT2D eigenvalue weighted by molar-refractivity contribution is 6.05. The number of carbonyl (C=O) groups excluding carboxylic acids is 1. The molecular formula is C24H29NO2. The van der Waals surface area contributed by atoms with Gasteiger partial charge in [-0.05, 0) is 36.3 Å². The van der Waals surface area contributed by atoms with Crippen LogP contribution >= 0.6 is 0 Å². The first-order valence-electron chi connectivity index (χ1n) is 9.95. The lowest BCUT2D eigenvalue weighted by molar-refractivity contribution is -0.139. The highest BCUT2D eigenvalue weighted by Gasteiger charge is 2.22. The Balaban J connectivity index is 2.30. The van der Waals surface area contributed by atoms with Crippen LogP contribution in [0.5, 0.6) is 0 Å². The second-order valence-corrected chi connectivity index (χ2v) is 6.88. The van der Waals surface area contributed by atoms with Crippen LogP contribution in [0.2, 0.25) is 0 Å². The van der Waals surface area contributed by atoms with E-state index in [1.165, 1.54) is 0 Å². The predicted molar refractivity (Wildman–Crippen MR) is 110 cm³/mol. The SMILES string of the molecule is CCCCC(CC)COC(=O)/C(C#N)=C(/C1=CCCC=C1)c1ccccc1. The molecule has 2 rings (SSSR count). The van der Waals surface area contributed by atoms with Crippen molar-refractivity contribution < 1.29 is 9.53 Å². The van der Waals surface area contributed by atoms with Crippen LogP contribution in [0.25, 0.3) is 5.57 Å². The number of unbranched alkanes of at least 4 members (excludes halogenated alkanes) is 1. The van der Waals surface area contributed by atoms with Gasteiger partial charge >= 0.3 is 5.97 Å². The molecule has 27 heavy (non-hydrogen) atoms. The van der Waals surface area contributed by atoms with E-state index in [1.54, 1.807) is 0 Å². The summed E-state index contributed by atoms with van der Waals surface area (Å²) < 4.78 is 5.57. The van der Waals surface area contributed by atoms with Crippen LogP contribution < -0.4 is 0 Å². The van der Waals surface area contributed by atoms with Gasteiger partial charge in [0.1, 0.15) is 11.6 Å². The van der Waals surface area contributed by atoms with Gasteiger partial charge in [0.2, 0.25) is 0 Å². The number of hydrogen-bond acceptors (Lipinski definition) is 3. The number of allylic oxidation sites excluding steroid dienone is 5. The molecule has 0 fully saturated rings. The number of ether oxygens (including phenoxy) is 1. The first kappa shape index (κ1) is 20.7. The number of carbonyl (C=O) groups is 1. The monoisotopic (exact) mass is 363 g/mol. The number of rotatable bonds is 9. The van der Waals surface area contributed by atoms with E-state index in [9.17, 15) is 10.1 Å². The van der Waals surface area contributed by atoms with Crippen molar-refractivity contribution in [1.29, 1.82) is 5.26 Å². The van der Waals surface area contributed by atoms with E-state index in [1.807, 2.05) is 36.4 Å². The zero-order chi connectivity index (χ0) is 19.5. The van der Waals surface area contributed by atoms with Gasteiger partial charge in [-0.25, -0.2) is 4.79 Å². The zero-order valence-electron chi connectivity index (χ0n) is 16.4. The van der Waals surface area contributed by atoms with Crippen LogP contribution in [0.1, 0.15) is 57.9 Å². The first-order valence-corrected chi connectivity index (χ1v) is 9.95. The number of benzene rings is 1. The van der Waals surface area contributed by atoms with Gasteiger partial charge in [0.05, 0.1) is 6.61 Å². The molecule has 1 aliphatic carbocycles. The highest BCUT2D eigenvalue weighted by Crippen LogP contribution is 2.31. The Morgan fingerprint density at radius 3 is 2.59 bits per heavy atom. The molecule has 0 N–H and O–H groups in total. The second-order valence-electron chi connectivity index (χ2n) is 6.88. The molecule has 0 saturated carbocycles. The summed E-state index contributed by atoms with van der Waals surface area (Å²) in [5.74, 6) is -0.172. The molecule has 0 aliphatic heterocycles. The third kappa shape index (κ3) is 5.96. The fourth-order valence-electron chi connectivity index (χ4n) is 3.23. The van der Waals surface area contributed by atoms with Crippen LogP contribution in [-0.4, -0.2) is 12.6 Å². The zero-order valence-corrected chi connectivity index (χ0v) is 16.4. The molecule has 0 amide bonds. The molecule has 1 aliphatic rings. The summed E-state index contributed by atoms with van der Waals surface area (Å²) in [6.07, 6.45) is 12.3. The maximum absolute atomic E-state index is 12.8. The molecule has 1 aromatic carbocycles. The Morgan fingerprint density at radius 2 is 2.00 bits per heavy atom. The first-order chi connectivity index (χ1) is 13.2. The second kappa shape index (κ2) is 11.2. The fraction of sp³-hybridized carbons (Fsp3) is 0.417. The lowest BCUT2D eigenvalue weighted by atomic mass is 9.90. The quantitative estimate of drug-likeness (QED) is 0.307. The highest BCUT2D eigenvalue weighted by atomic mass is 16.5. The molecule has 0 bridgehead atoms. The Bertz CT molecular complexity index is 750. The summed E-state index contributed by atoms with van der Waals surface area (Å²) in [6, 6.07) is 11.7. The van der Waals surface area contributed by atoms with Crippen LogP contribution in [0, 0.1) is 17.2 Å². The van der Waals surface area contributed by atoms with E-state index in [0.717, 1.165) is 49.7 Å². The summed E-state index contributed by atoms with van der Waals surface area (Å²) in [7, 11) is 0. The van der Waals surface area contributed by atoms with Crippen molar-refractivity contribution in [2.24, 2.45) is 5.92 Å². The summed E-state index contributed by atoms with van der Waals surface area (Å²) in [5, 5.41) is 9.76. The van der Waals surface area contributed by atoms with Gasteiger partial charge in [0.25, 0.3) is 0 Å². The number of nitrogens with zero attached hydrogens (tertiary/aromatic N) is 1. The molecule has 0 saturated heterocycles. The van der Waals surface area contributed by atoms with Crippen LogP contribution in [-0.2, 0) is 9.53 Å². The van der Waals surface area contributed by atoms with Crippen molar-refractivity contribution in [3.05, 3.63) is 65.3 Å². The summed E-state index contributed by atoms with van der Waals surface area (Å²) in [4.78, 5) is 12.8. The van der Waals surface area contributed by atoms with Gasteiger partial charge in [0.15, 0.2) is 0 Å². The largest absolute Gasteiger partial charge is 0.461 e. The van der Waals surface area contributed by atoms with Crippen molar-refractivity contribution >= 4 is 11.5 Å². The minimum Gasteiger partial charge on any atom is -0.461 e. The normalized spacial score (nSPS) is 15.4. The van der Waals surface area contributed by atoms with E-state index in [-0.39, 0.29) is 5.57 Å². The molecule has 142 valence electrons. The Morgan fingerprint density at radius 1 is 1.22 bits per heavy atom. The van der Waals surface area contributed by atoms with Gasteiger partial charge < -0.3 is 4.74 Å². The van der Waals surface area contributed by atoms with Crippen LogP contribution in [0.4, 0.5) is 0 Å². The van der Waals surface area contributed by atoms with E-state index < -0.39 is 5.97 Å². The van der Waals surface area contributed by atoms with E-state index in [4.69, 9.17) is 4.74 Å². The maximum Gasteiger partial charge on any atom is 0.349 e. The maximum atomic E-state index is 12.8. The molecule has 0 aromatic heterocycles. The fourth-order valence-corrected chi connectivity index (χ4v) is 3.23. The molecular weight excluding hydrogens is 334 g/mol. The third-order valence-corrected chi connectivity index (χ3v) is 4.91. The van der Waals surface area contributed by atoms with Crippen LogP contribution in [0.3, 0.4) is 0 Å². The summed E-state index contributed by atoms with van der Waals surface area (Å²) in [6.45, 7) is 4.65. The third-order valence-electron chi connectivity index (χ3n) is 4.91. The van der Waals surface area contributed by atoms with Crippen molar-refractivity contribution in [1.82, 2.24) is 0 Å². The summed E-state index contributed by atoms with van der Waals surface area (Å²) >= 11 is 0. The van der Waals surface area contributed by atoms with Crippen molar-refractivity contribution in [3.8, 4) is 6.07 Å². The summed E-state index contributed by atoms with van der Waals surface area (Å²) in [5.41, 5.74) is 2.53. The molecule has 3 heteroatoms. The molecule has 1 aromatic rings. The molecule has 0 radical (unpaired) electrons. The average molecular weight is 364 g/mol. The van der Waals surface area contributed by atoms with Gasteiger partial charge in [-0.2, -0.15) is 5.26 Å². The van der Waals surface area contributed by atoms with E-state index >= 15 is 0 Å². The molecule has 0 heterocycles. The molecule has 1 unspecified atom stereocenters. The standard InChI is InChI=1S/C24H29NO2/c1-3-5-12-19(4-2)18-27-24(26)22(17-25)23(20-13-8-6-9-14-20)21-15-10-7-11-16-21/h6,8-10,13-16,19H,3-5,7,11-12,18H2,1-2H3/b23-22+. The minimum absolute atomic E-state index is 0.0874. The number of esters is 1. The number of nitriles is 1.